The first-order chi connectivity index (χ1) is 10.7. The van der Waals surface area contributed by atoms with Crippen molar-refractivity contribution in [2.24, 2.45) is 0 Å². The van der Waals surface area contributed by atoms with Crippen LogP contribution in [0.3, 0.4) is 0 Å². The van der Waals surface area contributed by atoms with Crippen LogP contribution in [-0.4, -0.2) is 26.1 Å². The number of aldehydes is 1. The molecule has 0 saturated carbocycles. The second kappa shape index (κ2) is 8.02. The van der Waals surface area contributed by atoms with Crippen molar-refractivity contribution in [3.8, 4) is 17.2 Å². The molecule has 0 atom stereocenters. The van der Waals surface area contributed by atoms with E-state index in [9.17, 15) is 9.18 Å². The second-order valence-corrected chi connectivity index (χ2v) is 4.41. The maximum Gasteiger partial charge on any atom is 0.161 e. The van der Waals surface area contributed by atoms with Crippen LogP contribution in [0.2, 0.25) is 0 Å². The van der Waals surface area contributed by atoms with Crippen molar-refractivity contribution in [3.05, 3.63) is 53.8 Å². The molecule has 2 aromatic carbocycles. The molecule has 0 aliphatic carbocycles. The molecular weight excluding hydrogens is 287 g/mol. The third-order valence-electron chi connectivity index (χ3n) is 2.83. The van der Waals surface area contributed by atoms with Gasteiger partial charge in [-0.05, 0) is 49.4 Å². The zero-order valence-electron chi connectivity index (χ0n) is 12.3. The smallest absolute Gasteiger partial charge is 0.161 e. The average molecular weight is 304 g/mol. The number of carbonyl (C=O) groups is 1. The van der Waals surface area contributed by atoms with Crippen molar-refractivity contribution >= 4 is 6.29 Å². The fraction of sp³-hybridized carbons (Fsp3) is 0.235. The van der Waals surface area contributed by atoms with Crippen molar-refractivity contribution in [2.45, 2.75) is 6.92 Å². The van der Waals surface area contributed by atoms with E-state index in [1.165, 1.54) is 12.1 Å². The summed E-state index contributed by atoms with van der Waals surface area (Å²) >= 11 is 0. The van der Waals surface area contributed by atoms with Crippen molar-refractivity contribution in [3.63, 3.8) is 0 Å². The van der Waals surface area contributed by atoms with E-state index in [0.29, 0.717) is 42.6 Å². The van der Waals surface area contributed by atoms with Crippen LogP contribution in [0.15, 0.2) is 42.5 Å². The molecule has 0 aliphatic rings. The SMILES string of the molecule is CCOc1cc(C=O)ccc1OCCOc1ccc(F)cc1. The molecule has 0 unspecified atom stereocenters. The average Bonchev–Trinajstić information content (AvgIpc) is 2.54. The van der Waals surface area contributed by atoms with Gasteiger partial charge in [0.1, 0.15) is 31.1 Å². The lowest BCUT2D eigenvalue weighted by Crippen LogP contribution is -2.10. The Kier molecular flexibility index (Phi) is 5.77. The van der Waals surface area contributed by atoms with Crippen LogP contribution in [0.5, 0.6) is 17.2 Å². The first-order valence-corrected chi connectivity index (χ1v) is 6.96. The van der Waals surface area contributed by atoms with E-state index in [1.54, 1.807) is 30.3 Å². The molecule has 0 radical (unpaired) electrons. The highest BCUT2D eigenvalue weighted by molar-refractivity contribution is 5.76. The molecule has 22 heavy (non-hydrogen) atoms. The monoisotopic (exact) mass is 304 g/mol. The van der Waals surface area contributed by atoms with Gasteiger partial charge in [0.2, 0.25) is 0 Å². The number of carbonyl (C=O) groups excluding carboxylic acids is 1. The molecule has 4 nitrogen and oxygen atoms in total. The van der Waals surface area contributed by atoms with Crippen LogP contribution in [0.1, 0.15) is 17.3 Å². The van der Waals surface area contributed by atoms with Gasteiger partial charge in [-0.25, -0.2) is 4.39 Å². The summed E-state index contributed by atoms with van der Waals surface area (Å²) in [7, 11) is 0. The lowest BCUT2D eigenvalue weighted by molar-refractivity contribution is 0.112. The van der Waals surface area contributed by atoms with Gasteiger partial charge < -0.3 is 14.2 Å². The molecule has 0 amide bonds. The molecular formula is C17H17FO4. The number of rotatable bonds is 8. The summed E-state index contributed by atoms with van der Waals surface area (Å²) in [6.45, 7) is 2.95. The summed E-state index contributed by atoms with van der Waals surface area (Å²) in [6, 6.07) is 10.8. The Hall–Kier alpha value is -2.56. The van der Waals surface area contributed by atoms with Gasteiger partial charge in [-0.3, -0.25) is 4.79 Å². The van der Waals surface area contributed by atoms with Gasteiger partial charge in [-0.15, -0.1) is 0 Å². The molecule has 0 saturated heterocycles. The second-order valence-electron chi connectivity index (χ2n) is 4.41. The van der Waals surface area contributed by atoms with E-state index < -0.39 is 0 Å². The number of halogens is 1. The van der Waals surface area contributed by atoms with Crippen molar-refractivity contribution in [2.75, 3.05) is 19.8 Å². The molecule has 116 valence electrons. The lowest BCUT2D eigenvalue weighted by Gasteiger charge is -2.12. The van der Waals surface area contributed by atoms with Crippen LogP contribution < -0.4 is 14.2 Å². The summed E-state index contributed by atoms with van der Waals surface area (Å²) in [5.74, 6) is 1.34. The zero-order chi connectivity index (χ0) is 15.8. The van der Waals surface area contributed by atoms with Gasteiger partial charge in [0.25, 0.3) is 0 Å². The fourth-order valence-corrected chi connectivity index (χ4v) is 1.83. The predicted octanol–water partition coefficient (Wildman–Crippen LogP) is 3.49. The molecule has 0 bridgehead atoms. The Balaban J connectivity index is 1.88. The molecule has 0 spiro atoms. The van der Waals surface area contributed by atoms with E-state index in [0.717, 1.165) is 6.29 Å². The Labute approximate surface area is 128 Å². The number of hydrogen-bond acceptors (Lipinski definition) is 4. The van der Waals surface area contributed by atoms with Crippen LogP contribution in [0.25, 0.3) is 0 Å². The third kappa shape index (κ3) is 4.48. The van der Waals surface area contributed by atoms with Crippen LogP contribution >= 0.6 is 0 Å². The van der Waals surface area contributed by atoms with Gasteiger partial charge in [-0.1, -0.05) is 0 Å². The normalized spacial score (nSPS) is 10.1. The Morgan fingerprint density at radius 3 is 2.36 bits per heavy atom. The highest BCUT2D eigenvalue weighted by atomic mass is 19.1. The van der Waals surface area contributed by atoms with E-state index in [1.807, 2.05) is 6.92 Å². The lowest BCUT2D eigenvalue weighted by atomic mass is 10.2. The fourth-order valence-electron chi connectivity index (χ4n) is 1.83. The quantitative estimate of drug-likeness (QED) is 0.553. The molecule has 0 N–H and O–H groups in total. The minimum Gasteiger partial charge on any atom is -0.490 e. The largest absolute Gasteiger partial charge is 0.490 e. The van der Waals surface area contributed by atoms with E-state index >= 15 is 0 Å². The number of benzene rings is 2. The van der Waals surface area contributed by atoms with Crippen molar-refractivity contribution in [1.82, 2.24) is 0 Å². The Bertz CT molecular complexity index is 611. The Morgan fingerprint density at radius 1 is 0.955 bits per heavy atom. The van der Waals surface area contributed by atoms with Crippen LogP contribution in [0, 0.1) is 5.82 Å². The van der Waals surface area contributed by atoms with Gasteiger partial charge in [0.05, 0.1) is 6.61 Å². The van der Waals surface area contributed by atoms with Gasteiger partial charge in [-0.2, -0.15) is 0 Å². The standard InChI is InChI=1S/C17H17FO4/c1-2-20-17-11-13(12-19)3-8-16(17)22-10-9-21-15-6-4-14(18)5-7-15/h3-8,11-12H,2,9-10H2,1H3. The maximum absolute atomic E-state index is 12.8. The van der Waals surface area contributed by atoms with Gasteiger partial charge in [0, 0.05) is 5.56 Å². The highest BCUT2D eigenvalue weighted by Gasteiger charge is 2.06. The summed E-state index contributed by atoms with van der Waals surface area (Å²) in [5, 5.41) is 0. The van der Waals surface area contributed by atoms with E-state index in [4.69, 9.17) is 14.2 Å². The predicted molar refractivity (Wildman–Crippen MR) is 80.4 cm³/mol. The van der Waals surface area contributed by atoms with Gasteiger partial charge in [0.15, 0.2) is 11.5 Å². The highest BCUT2D eigenvalue weighted by Crippen LogP contribution is 2.28. The zero-order valence-corrected chi connectivity index (χ0v) is 12.3. The van der Waals surface area contributed by atoms with E-state index in [2.05, 4.69) is 0 Å². The first kappa shape index (κ1) is 15.8. The summed E-state index contributed by atoms with van der Waals surface area (Å²) in [6.07, 6.45) is 0.754. The minimum absolute atomic E-state index is 0.303. The van der Waals surface area contributed by atoms with Crippen molar-refractivity contribution in [1.29, 1.82) is 0 Å². The number of ether oxygens (including phenoxy) is 3. The van der Waals surface area contributed by atoms with Crippen molar-refractivity contribution < 1.29 is 23.4 Å². The Morgan fingerprint density at radius 2 is 1.68 bits per heavy atom. The molecule has 0 aromatic heterocycles. The minimum atomic E-state index is -0.305. The molecule has 5 heteroatoms. The summed E-state index contributed by atoms with van der Waals surface area (Å²) in [5.41, 5.74) is 0.526. The molecule has 2 rings (SSSR count). The third-order valence-corrected chi connectivity index (χ3v) is 2.83. The van der Waals surface area contributed by atoms with Gasteiger partial charge >= 0.3 is 0 Å². The first-order valence-electron chi connectivity index (χ1n) is 6.96. The van der Waals surface area contributed by atoms with Crippen LogP contribution in [0.4, 0.5) is 4.39 Å². The van der Waals surface area contributed by atoms with E-state index in [-0.39, 0.29) is 5.82 Å². The topological polar surface area (TPSA) is 44.8 Å². The summed E-state index contributed by atoms with van der Waals surface area (Å²) in [4.78, 5) is 10.8. The maximum atomic E-state index is 12.8. The number of hydrogen-bond donors (Lipinski definition) is 0. The molecule has 0 aliphatic heterocycles. The molecule has 2 aromatic rings. The van der Waals surface area contributed by atoms with Crippen LogP contribution in [-0.2, 0) is 0 Å². The molecule has 0 heterocycles. The summed E-state index contributed by atoms with van der Waals surface area (Å²) < 4.78 is 29.2. The molecule has 0 fully saturated rings.